The van der Waals surface area contributed by atoms with Crippen LogP contribution in [-0.2, 0) is 11.3 Å². The minimum atomic E-state index is -4.42. The van der Waals surface area contributed by atoms with Gasteiger partial charge >= 0.3 is 6.18 Å². The van der Waals surface area contributed by atoms with E-state index in [1.807, 2.05) is 13.0 Å². The molecule has 0 fully saturated rings. The van der Waals surface area contributed by atoms with Crippen LogP contribution in [0.2, 0.25) is 0 Å². The van der Waals surface area contributed by atoms with Gasteiger partial charge in [-0.05, 0) is 37.6 Å². The highest BCUT2D eigenvalue weighted by Crippen LogP contribution is 2.23. The third-order valence-corrected chi connectivity index (χ3v) is 4.08. The summed E-state index contributed by atoms with van der Waals surface area (Å²) in [6.07, 6.45) is -4.23. The van der Waals surface area contributed by atoms with Gasteiger partial charge in [0.15, 0.2) is 12.6 Å². The molecule has 0 bridgehead atoms. The van der Waals surface area contributed by atoms with Gasteiger partial charge in [0, 0.05) is 37.8 Å². The molecule has 2 rings (SSSR count). The first-order chi connectivity index (χ1) is 14.7. The number of nitrogens with one attached hydrogen (secondary N) is 3. The van der Waals surface area contributed by atoms with E-state index in [0.29, 0.717) is 23.9 Å². The van der Waals surface area contributed by atoms with E-state index >= 15 is 0 Å². The van der Waals surface area contributed by atoms with Crippen molar-refractivity contribution in [3.63, 3.8) is 0 Å². The maximum Gasteiger partial charge on any atom is 0.422 e. The van der Waals surface area contributed by atoms with E-state index in [1.54, 1.807) is 44.3 Å². The Hall–Kier alpha value is -2.57. The molecule has 1 aromatic heterocycles. The van der Waals surface area contributed by atoms with E-state index in [2.05, 4.69) is 25.9 Å². The van der Waals surface area contributed by atoms with Crippen molar-refractivity contribution in [1.82, 2.24) is 15.6 Å². The molecule has 1 aromatic carbocycles. The SMILES string of the molecule is CN=C(NCCC(=O)Nc1cccc(C)n1)NCc1ccc(C)cc1OCC(F)(F)F.I. The molecular formula is C21H27F3IN5O2. The second kappa shape index (κ2) is 13.1. The molecule has 1 amide bonds. The maximum atomic E-state index is 12.5. The molecule has 0 radical (unpaired) electrons. The third kappa shape index (κ3) is 10.2. The first-order valence-electron chi connectivity index (χ1n) is 9.63. The minimum Gasteiger partial charge on any atom is -0.484 e. The zero-order valence-corrected chi connectivity index (χ0v) is 20.4. The van der Waals surface area contributed by atoms with Gasteiger partial charge in [0.05, 0.1) is 0 Å². The standard InChI is InChI=1S/C21H26F3N5O2.HI/c1-14-7-8-16(17(11-14)31-13-21(22,23)24)12-27-20(25-3)26-10-9-19(30)29-18-6-4-5-15(2)28-18;/h4-8,11H,9-10,12-13H2,1-3H3,(H2,25,26,27)(H,28,29,30);1H. The largest absolute Gasteiger partial charge is 0.484 e. The summed E-state index contributed by atoms with van der Waals surface area (Å²) in [4.78, 5) is 20.3. The van der Waals surface area contributed by atoms with Crippen molar-refractivity contribution in [2.24, 2.45) is 4.99 Å². The molecule has 3 N–H and O–H groups in total. The lowest BCUT2D eigenvalue weighted by Crippen LogP contribution is -2.38. The molecule has 0 aliphatic heterocycles. The van der Waals surface area contributed by atoms with E-state index < -0.39 is 12.8 Å². The molecule has 0 spiro atoms. The number of aromatic nitrogens is 1. The fourth-order valence-corrected chi connectivity index (χ4v) is 2.61. The zero-order valence-electron chi connectivity index (χ0n) is 18.0. The molecule has 0 unspecified atom stereocenters. The summed E-state index contributed by atoms with van der Waals surface area (Å²) in [5.41, 5.74) is 2.15. The average molecular weight is 565 g/mol. The Morgan fingerprint density at radius 3 is 2.56 bits per heavy atom. The lowest BCUT2D eigenvalue weighted by molar-refractivity contribution is -0.153. The average Bonchev–Trinajstić information content (AvgIpc) is 2.69. The van der Waals surface area contributed by atoms with Crippen LogP contribution in [0.15, 0.2) is 41.4 Å². The molecule has 0 aliphatic rings. The molecule has 176 valence electrons. The number of rotatable bonds is 8. The second-order valence-electron chi connectivity index (χ2n) is 6.83. The molecule has 1 heterocycles. The minimum absolute atomic E-state index is 0. The molecule has 11 heteroatoms. The predicted molar refractivity (Wildman–Crippen MR) is 129 cm³/mol. The summed E-state index contributed by atoms with van der Waals surface area (Å²) in [5, 5.41) is 8.71. The number of nitrogens with zero attached hydrogens (tertiary/aromatic N) is 2. The zero-order chi connectivity index (χ0) is 22.9. The summed E-state index contributed by atoms with van der Waals surface area (Å²) >= 11 is 0. The fraction of sp³-hybridized carbons (Fsp3) is 0.381. The van der Waals surface area contributed by atoms with Crippen LogP contribution < -0.4 is 20.7 Å². The van der Waals surface area contributed by atoms with Gasteiger partial charge in [0.1, 0.15) is 11.6 Å². The van der Waals surface area contributed by atoms with Gasteiger partial charge < -0.3 is 20.7 Å². The first kappa shape index (κ1) is 27.5. The van der Waals surface area contributed by atoms with Crippen molar-refractivity contribution in [3.8, 4) is 5.75 Å². The lowest BCUT2D eigenvalue weighted by atomic mass is 10.1. The molecule has 32 heavy (non-hydrogen) atoms. The predicted octanol–water partition coefficient (Wildman–Crippen LogP) is 3.95. The number of aryl methyl sites for hydroxylation is 2. The number of hydrogen-bond acceptors (Lipinski definition) is 4. The molecular weight excluding hydrogens is 538 g/mol. The smallest absolute Gasteiger partial charge is 0.422 e. The van der Waals surface area contributed by atoms with Crippen molar-refractivity contribution in [1.29, 1.82) is 0 Å². The van der Waals surface area contributed by atoms with Crippen molar-refractivity contribution < 1.29 is 22.7 Å². The number of anilines is 1. The number of carbonyl (C=O) groups excluding carboxylic acids is 1. The van der Waals surface area contributed by atoms with Gasteiger partial charge in [-0.15, -0.1) is 24.0 Å². The van der Waals surface area contributed by atoms with Crippen molar-refractivity contribution >= 4 is 41.7 Å². The molecule has 0 atom stereocenters. The van der Waals surface area contributed by atoms with Crippen LogP contribution in [-0.4, -0.2) is 43.2 Å². The van der Waals surface area contributed by atoms with E-state index in [4.69, 9.17) is 4.74 Å². The van der Waals surface area contributed by atoms with Gasteiger partial charge in [0.25, 0.3) is 0 Å². The van der Waals surface area contributed by atoms with Gasteiger partial charge in [-0.3, -0.25) is 9.79 Å². The number of pyridine rings is 1. The number of benzene rings is 1. The Bertz CT molecular complexity index is 923. The Kier molecular flexibility index (Phi) is 11.2. The summed E-state index contributed by atoms with van der Waals surface area (Å²) in [6, 6.07) is 10.4. The highest BCUT2D eigenvalue weighted by atomic mass is 127. The number of guanidine groups is 1. The second-order valence-corrected chi connectivity index (χ2v) is 6.83. The van der Waals surface area contributed by atoms with Gasteiger partial charge in [-0.2, -0.15) is 13.2 Å². The van der Waals surface area contributed by atoms with Crippen LogP contribution in [0, 0.1) is 13.8 Å². The number of alkyl halides is 3. The van der Waals surface area contributed by atoms with E-state index in [-0.39, 0.29) is 48.6 Å². The van der Waals surface area contributed by atoms with Crippen molar-refractivity contribution in [3.05, 3.63) is 53.2 Å². The van der Waals surface area contributed by atoms with E-state index in [9.17, 15) is 18.0 Å². The molecule has 0 saturated carbocycles. The first-order valence-corrected chi connectivity index (χ1v) is 9.63. The third-order valence-electron chi connectivity index (χ3n) is 4.08. The van der Waals surface area contributed by atoms with Crippen molar-refractivity contribution in [2.45, 2.75) is 33.0 Å². The Morgan fingerprint density at radius 2 is 1.91 bits per heavy atom. The summed E-state index contributed by atoms with van der Waals surface area (Å²) in [6.45, 7) is 2.76. The Morgan fingerprint density at radius 1 is 1.16 bits per heavy atom. The Labute approximate surface area is 202 Å². The number of halogens is 4. The van der Waals surface area contributed by atoms with Crippen molar-refractivity contribution in [2.75, 3.05) is 25.5 Å². The van der Waals surface area contributed by atoms with Crippen LogP contribution >= 0.6 is 24.0 Å². The summed E-state index contributed by atoms with van der Waals surface area (Å²) in [7, 11) is 1.56. The van der Waals surface area contributed by atoms with Crippen LogP contribution in [0.4, 0.5) is 19.0 Å². The van der Waals surface area contributed by atoms with E-state index in [0.717, 1.165) is 11.3 Å². The Balaban J connectivity index is 0.00000512. The molecule has 0 aliphatic carbocycles. The molecule has 7 nitrogen and oxygen atoms in total. The van der Waals surface area contributed by atoms with Crippen LogP contribution in [0.25, 0.3) is 0 Å². The number of hydrogen-bond donors (Lipinski definition) is 3. The highest BCUT2D eigenvalue weighted by Gasteiger charge is 2.28. The van der Waals surface area contributed by atoms with Crippen LogP contribution in [0.1, 0.15) is 23.2 Å². The number of aliphatic imine (C=N–C) groups is 1. The number of amides is 1. The number of carbonyl (C=O) groups is 1. The van der Waals surface area contributed by atoms with Gasteiger partial charge in [-0.25, -0.2) is 4.98 Å². The van der Waals surface area contributed by atoms with Crippen LogP contribution in [0.3, 0.4) is 0 Å². The summed E-state index contributed by atoms with van der Waals surface area (Å²) in [5.74, 6) is 0.842. The number of ether oxygens (including phenoxy) is 1. The summed E-state index contributed by atoms with van der Waals surface area (Å²) < 4.78 is 42.4. The van der Waals surface area contributed by atoms with Gasteiger partial charge in [0.2, 0.25) is 5.91 Å². The molecule has 2 aromatic rings. The maximum absolute atomic E-state index is 12.5. The fourth-order valence-electron chi connectivity index (χ4n) is 2.61. The highest BCUT2D eigenvalue weighted by molar-refractivity contribution is 14.0. The monoisotopic (exact) mass is 565 g/mol. The van der Waals surface area contributed by atoms with E-state index in [1.165, 1.54) is 0 Å². The lowest BCUT2D eigenvalue weighted by Gasteiger charge is -2.16. The quantitative estimate of drug-likeness (QED) is 0.257. The normalized spacial score (nSPS) is 11.4. The topological polar surface area (TPSA) is 87.6 Å². The molecule has 0 saturated heterocycles. The van der Waals surface area contributed by atoms with Gasteiger partial charge in [-0.1, -0.05) is 18.2 Å². The van der Waals surface area contributed by atoms with Crippen LogP contribution in [0.5, 0.6) is 5.75 Å².